The number of pyridine rings is 1. The van der Waals surface area contributed by atoms with Gasteiger partial charge in [0.2, 0.25) is 0 Å². The number of nitrogens with two attached hydrogens (primary N) is 1. The van der Waals surface area contributed by atoms with Crippen LogP contribution < -0.4 is 5.73 Å². The molecule has 1 aromatic rings. The first-order valence-corrected chi connectivity index (χ1v) is 4.58. The van der Waals surface area contributed by atoms with E-state index >= 15 is 0 Å². The average Bonchev–Trinajstić information content (AvgIpc) is 2.19. The molecule has 0 saturated heterocycles. The fourth-order valence-electron chi connectivity index (χ4n) is 1.06. The molecule has 0 aliphatic heterocycles. The highest BCUT2D eigenvalue weighted by Gasteiger charge is 1.98. The molecule has 0 aliphatic carbocycles. The lowest BCUT2D eigenvalue weighted by molar-refractivity contribution is 0.341. The first-order valence-electron chi connectivity index (χ1n) is 4.58. The van der Waals surface area contributed by atoms with Gasteiger partial charge in [0.15, 0.2) is 0 Å². The van der Waals surface area contributed by atoms with Crippen molar-refractivity contribution in [2.45, 2.75) is 20.0 Å². The highest BCUT2D eigenvalue weighted by molar-refractivity contribution is 5.13. The molecular formula is C10H17N3. The van der Waals surface area contributed by atoms with Crippen LogP contribution in [0.3, 0.4) is 0 Å². The van der Waals surface area contributed by atoms with Crippen LogP contribution in [0.4, 0.5) is 0 Å². The minimum absolute atomic E-state index is 0.566. The Labute approximate surface area is 79.6 Å². The number of rotatable bonds is 4. The highest BCUT2D eigenvalue weighted by Crippen LogP contribution is 2.01. The molecule has 0 aromatic carbocycles. The Hall–Kier alpha value is -0.930. The van der Waals surface area contributed by atoms with Crippen LogP contribution in [-0.2, 0) is 13.1 Å². The molecule has 2 N–H and O–H groups in total. The third-order valence-corrected chi connectivity index (χ3v) is 2.09. The molecule has 1 aromatic heterocycles. The zero-order valence-electron chi connectivity index (χ0n) is 8.33. The van der Waals surface area contributed by atoms with E-state index in [0.717, 1.165) is 24.3 Å². The molecule has 0 spiro atoms. The van der Waals surface area contributed by atoms with Crippen molar-refractivity contribution in [3.63, 3.8) is 0 Å². The van der Waals surface area contributed by atoms with Gasteiger partial charge in [-0.25, -0.2) is 0 Å². The van der Waals surface area contributed by atoms with Crippen LogP contribution >= 0.6 is 0 Å². The predicted octanol–water partition coefficient (Wildman–Crippen LogP) is 0.992. The Morgan fingerprint density at radius 2 is 2.23 bits per heavy atom. The predicted molar refractivity (Wildman–Crippen MR) is 54.1 cm³/mol. The van der Waals surface area contributed by atoms with Crippen molar-refractivity contribution in [3.8, 4) is 0 Å². The summed E-state index contributed by atoms with van der Waals surface area (Å²) in [4.78, 5) is 6.53. The Morgan fingerprint density at radius 3 is 2.69 bits per heavy atom. The summed E-state index contributed by atoms with van der Waals surface area (Å²) >= 11 is 0. The normalized spacial score (nSPS) is 10.8. The summed E-state index contributed by atoms with van der Waals surface area (Å²) in [6.07, 6.45) is 1.85. The molecule has 13 heavy (non-hydrogen) atoms. The van der Waals surface area contributed by atoms with Gasteiger partial charge in [0.1, 0.15) is 0 Å². The Morgan fingerprint density at radius 1 is 1.46 bits per heavy atom. The number of hydrogen-bond acceptors (Lipinski definition) is 3. The molecule has 0 fully saturated rings. The zero-order chi connectivity index (χ0) is 9.68. The maximum atomic E-state index is 5.48. The SMILES string of the molecule is CCN(C)Cc1ccc(CN)cn1. The molecule has 0 saturated carbocycles. The smallest absolute Gasteiger partial charge is 0.0544 e. The number of aromatic nitrogens is 1. The molecule has 3 nitrogen and oxygen atoms in total. The lowest BCUT2D eigenvalue weighted by Crippen LogP contribution is -2.17. The van der Waals surface area contributed by atoms with Gasteiger partial charge in [-0.3, -0.25) is 4.98 Å². The van der Waals surface area contributed by atoms with E-state index in [1.807, 2.05) is 18.3 Å². The van der Waals surface area contributed by atoms with Crippen LogP contribution in [0.25, 0.3) is 0 Å². The van der Waals surface area contributed by atoms with Gasteiger partial charge >= 0.3 is 0 Å². The van der Waals surface area contributed by atoms with E-state index in [1.54, 1.807) is 0 Å². The summed E-state index contributed by atoms with van der Waals surface area (Å²) in [6.45, 7) is 4.65. The van der Waals surface area contributed by atoms with E-state index in [-0.39, 0.29) is 0 Å². The second-order valence-corrected chi connectivity index (χ2v) is 3.19. The Bertz CT molecular complexity index is 243. The van der Waals surface area contributed by atoms with E-state index in [0.29, 0.717) is 6.54 Å². The van der Waals surface area contributed by atoms with Crippen LogP contribution in [0.5, 0.6) is 0 Å². The molecule has 0 bridgehead atoms. The first kappa shape index (κ1) is 10.2. The van der Waals surface area contributed by atoms with E-state index < -0.39 is 0 Å². The van der Waals surface area contributed by atoms with E-state index in [9.17, 15) is 0 Å². The molecular weight excluding hydrogens is 162 g/mol. The van der Waals surface area contributed by atoms with E-state index in [1.165, 1.54) is 0 Å². The summed E-state index contributed by atoms with van der Waals surface area (Å²) in [6, 6.07) is 4.07. The minimum atomic E-state index is 0.566. The third-order valence-electron chi connectivity index (χ3n) is 2.09. The van der Waals surface area contributed by atoms with Gasteiger partial charge in [-0.05, 0) is 25.2 Å². The van der Waals surface area contributed by atoms with Crippen LogP contribution in [-0.4, -0.2) is 23.5 Å². The molecule has 0 unspecified atom stereocenters. The van der Waals surface area contributed by atoms with Gasteiger partial charge in [-0.1, -0.05) is 13.0 Å². The molecule has 0 atom stereocenters. The lowest BCUT2D eigenvalue weighted by Gasteiger charge is -2.12. The van der Waals surface area contributed by atoms with Gasteiger partial charge in [0, 0.05) is 19.3 Å². The molecule has 0 aliphatic rings. The lowest BCUT2D eigenvalue weighted by atomic mass is 10.2. The molecule has 1 rings (SSSR count). The summed E-state index contributed by atoms with van der Waals surface area (Å²) < 4.78 is 0. The maximum Gasteiger partial charge on any atom is 0.0544 e. The van der Waals surface area contributed by atoms with Gasteiger partial charge in [-0.2, -0.15) is 0 Å². The Balaban J connectivity index is 2.58. The summed E-state index contributed by atoms with van der Waals surface area (Å²) in [5.74, 6) is 0. The van der Waals surface area contributed by atoms with Crippen LogP contribution in [0.2, 0.25) is 0 Å². The summed E-state index contributed by atoms with van der Waals surface area (Å²) in [7, 11) is 2.08. The van der Waals surface area contributed by atoms with Crippen molar-refractivity contribution >= 4 is 0 Å². The van der Waals surface area contributed by atoms with Crippen LogP contribution in [0.1, 0.15) is 18.2 Å². The summed E-state index contributed by atoms with van der Waals surface area (Å²) in [5.41, 5.74) is 7.66. The number of hydrogen-bond donors (Lipinski definition) is 1. The second kappa shape index (κ2) is 4.94. The zero-order valence-corrected chi connectivity index (χ0v) is 8.33. The van der Waals surface area contributed by atoms with Crippen LogP contribution in [0, 0.1) is 0 Å². The van der Waals surface area contributed by atoms with Gasteiger partial charge < -0.3 is 10.6 Å². The molecule has 1 heterocycles. The topological polar surface area (TPSA) is 42.1 Å². The minimum Gasteiger partial charge on any atom is -0.326 e. The first-order chi connectivity index (χ1) is 6.26. The van der Waals surface area contributed by atoms with Crippen LogP contribution in [0.15, 0.2) is 18.3 Å². The summed E-state index contributed by atoms with van der Waals surface area (Å²) in [5, 5.41) is 0. The van der Waals surface area contributed by atoms with Crippen molar-refractivity contribution in [1.29, 1.82) is 0 Å². The Kier molecular flexibility index (Phi) is 3.86. The second-order valence-electron chi connectivity index (χ2n) is 3.19. The van der Waals surface area contributed by atoms with Gasteiger partial charge in [0.05, 0.1) is 5.69 Å². The maximum absolute atomic E-state index is 5.48. The largest absolute Gasteiger partial charge is 0.326 e. The fraction of sp³-hybridized carbons (Fsp3) is 0.500. The quantitative estimate of drug-likeness (QED) is 0.749. The van der Waals surface area contributed by atoms with Crippen molar-refractivity contribution in [3.05, 3.63) is 29.6 Å². The van der Waals surface area contributed by atoms with Gasteiger partial charge in [-0.15, -0.1) is 0 Å². The number of nitrogens with zero attached hydrogens (tertiary/aromatic N) is 2. The van der Waals surface area contributed by atoms with Crippen molar-refractivity contribution in [1.82, 2.24) is 9.88 Å². The molecule has 72 valence electrons. The van der Waals surface area contributed by atoms with Gasteiger partial charge in [0.25, 0.3) is 0 Å². The molecule has 0 radical (unpaired) electrons. The van der Waals surface area contributed by atoms with Crippen molar-refractivity contribution < 1.29 is 0 Å². The average molecular weight is 179 g/mol. The standard InChI is InChI=1S/C10H17N3/c1-3-13(2)8-10-5-4-9(6-11)7-12-10/h4-5,7H,3,6,8,11H2,1-2H3. The van der Waals surface area contributed by atoms with Crippen molar-refractivity contribution in [2.75, 3.05) is 13.6 Å². The molecule has 0 amide bonds. The van der Waals surface area contributed by atoms with Crippen molar-refractivity contribution in [2.24, 2.45) is 5.73 Å². The monoisotopic (exact) mass is 179 g/mol. The fourth-order valence-corrected chi connectivity index (χ4v) is 1.06. The molecule has 3 heteroatoms. The van der Waals surface area contributed by atoms with E-state index in [2.05, 4.69) is 23.9 Å². The highest BCUT2D eigenvalue weighted by atomic mass is 15.1. The van der Waals surface area contributed by atoms with E-state index in [4.69, 9.17) is 5.73 Å². The third kappa shape index (κ3) is 3.13.